The summed E-state index contributed by atoms with van der Waals surface area (Å²) in [5.74, 6) is 0.613. The Kier molecular flexibility index (Phi) is 3.81. The van der Waals surface area contributed by atoms with Crippen LogP contribution in [0.3, 0.4) is 0 Å². The highest BCUT2D eigenvalue weighted by atomic mass is 16.2. The maximum Gasteiger partial charge on any atom is 0.330 e. The van der Waals surface area contributed by atoms with Crippen molar-refractivity contribution in [3.05, 3.63) is 56.5 Å². The molecule has 0 spiro atoms. The SMILES string of the molecule is CC(C)N1CNc2c(c(=O)[nH]c(=O)n2Cc2ccncc2)C1. The number of nitrogens with one attached hydrogen (secondary N) is 2. The Labute approximate surface area is 127 Å². The maximum atomic E-state index is 12.2. The van der Waals surface area contributed by atoms with Gasteiger partial charge in [0, 0.05) is 25.0 Å². The summed E-state index contributed by atoms with van der Waals surface area (Å²) in [4.78, 5) is 32.8. The van der Waals surface area contributed by atoms with Crippen LogP contribution in [0, 0.1) is 0 Å². The van der Waals surface area contributed by atoms with Gasteiger partial charge in [-0.3, -0.25) is 24.2 Å². The minimum absolute atomic E-state index is 0.316. The lowest BCUT2D eigenvalue weighted by molar-refractivity contribution is 0.218. The van der Waals surface area contributed by atoms with Gasteiger partial charge in [0.1, 0.15) is 5.82 Å². The Balaban J connectivity index is 2.04. The first-order chi connectivity index (χ1) is 10.6. The Bertz CT molecular complexity index is 779. The van der Waals surface area contributed by atoms with Gasteiger partial charge in [0.05, 0.1) is 18.8 Å². The Morgan fingerprint density at radius 3 is 2.68 bits per heavy atom. The van der Waals surface area contributed by atoms with Crippen LogP contribution in [0.2, 0.25) is 0 Å². The standard InChI is InChI=1S/C15H19N5O2/c1-10(2)19-8-12-13(17-9-19)20(15(22)18-14(12)21)7-11-3-5-16-6-4-11/h3-6,10,17H,7-9H2,1-2H3,(H,18,21,22). The number of H-pyrrole nitrogens is 1. The molecule has 7 heteroatoms. The van der Waals surface area contributed by atoms with Crippen LogP contribution in [-0.2, 0) is 13.1 Å². The predicted molar refractivity (Wildman–Crippen MR) is 83.8 cm³/mol. The highest BCUT2D eigenvalue weighted by Crippen LogP contribution is 2.19. The number of aromatic nitrogens is 3. The fourth-order valence-electron chi connectivity index (χ4n) is 2.58. The Morgan fingerprint density at radius 2 is 2.00 bits per heavy atom. The quantitative estimate of drug-likeness (QED) is 0.866. The van der Waals surface area contributed by atoms with Gasteiger partial charge >= 0.3 is 5.69 Å². The van der Waals surface area contributed by atoms with Crippen LogP contribution in [0.25, 0.3) is 0 Å². The van der Waals surface area contributed by atoms with Gasteiger partial charge in [0.15, 0.2) is 0 Å². The third kappa shape index (κ3) is 2.67. The molecule has 2 aromatic rings. The van der Waals surface area contributed by atoms with E-state index in [-0.39, 0.29) is 5.56 Å². The molecule has 3 heterocycles. The van der Waals surface area contributed by atoms with E-state index < -0.39 is 5.69 Å². The van der Waals surface area contributed by atoms with Crippen LogP contribution in [0.5, 0.6) is 0 Å². The van der Waals surface area contributed by atoms with Crippen LogP contribution < -0.4 is 16.6 Å². The zero-order valence-electron chi connectivity index (χ0n) is 12.7. The minimum Gasteiger partial charge on any atom is -0.358 e. The van der Waals surface area contributed by atoms with Gasteiger partial charge in [-0.25, -0.2) is 4.79 Å². The normalized spacial score (nSPS) is 14.7. The third-order valence-electron chi connectivity index (χ3n) is 3.93. The van der Waals surface area contributed by atoms with E-state index in [1.54, 1.807) is 17.0 Å². The topological polar surface area (TPSA) is 83.0 Å². The second-order valence-corrected chi connectivity index (χ2v) is 5.70. The van der Waals surface area contributed by atoms with Crippen LogP contribution in [0.1, 0.15) is 25.0 Å². The zero-order valence-corrected chi connectivity index (χ0v) is 12.7. The summed E-state index contributed by atoms with van der Waals surface area (Å²) in [6.45, 7) is 5.70. The fourth-order valence-corrected chi connectivity index (χ4v) is 2.58. The van der Waals surface area contributed by atoms with Crippen LogP contribution in [0.15, 0.2) is 34.1 Å². The van der Waals surface area contributed by atoms with Crippen LogP contribution in [-0.4, -0.2) is 32.1 Å². The predicted octanol–water partition coefficient (Wildman–Crippen LogP) is 0.573. The lowest BCUT2D eigenvalue weighted by atomic mass is 10.2. The van der Waals surface area contributed by atoms with Crippen molar-refractivity contribution < 1.29 is 0 Å². The first-order valence-corrected chi connectivity index (χ1v) is 7.29. The molecule has 2 N–H and O–H groups in total. The van der Waals surface area contributed by atoms with Gasteiger partial charge in [-0.05, 0) is 31.5 Å². The fraction of sp³-hybridized carbons (Fsp3) is 0.400. The van der Waals surface area contributed by atoms with Crippen molar-refractivity contribution in [3.63, 3.8) is 0 Å². The lowest BCUT2D eigenvalue weighted by Crippen LogP contribution is -2.45. The molecule has 1 aliphatic rings. The number of aromatic amines is 1. The number of anilines is 1. The number of rotatable bonds is 3. The molecule has 0 fully saturated rings. The molecule has 0 amide bonds. The van der Waals surface area contributed by atoms with Crippen LogP contribution >= 0.6 is 0 Å². The van der Waals surface area contributed by atoms with Crippen molar-refractivity contribution >= 4 is 5.82 Å². The number of hydrogen-bond donors (Lipinski definition) is 2. The molecule has 3 rings (SSSR count). The first-order valence-electron chi connectivity index (χ1n) is 7.29. The molecule has 0 saturated carbocycles. The molecule has 0 bridgehead atoms. The van der Waals surface area contributed by atoms with Gasteiger partial charge in [-0.2, -0.15) is 0 Å². The Morgan fingerprint density at radius 1 is 1.27 bits per heavy atom. The summed E-state index contributed by atoms with van der Waals surface area (Å²) in [5.41, 5.74) is 0.850. The zero-order chi connectivity index (χ0) is 15.7. The van der Waals surface area contributed by atoms with E-state index in [2.05, 4.69) is 34.0 Å². The summed E-state index contributed by atoms with van der Waals surface area (Å²) in [5, 5.41) is 3.22. The second kappa shape index (κ2) is 5.76. The molecular weight excluding hydrogens is 282 g/mol. The van der Waals surface area contributed by atoms with Crippen LogP contribution in [0.4, 0.5) is 5.82 Å². The van der Waals surface area contributed by atoms with Crippen molar-refractivity contribution in [1.29, 1.82) is 0 Å². The highest BCUT2D eigenvalue weighted by molar-refractivity contribution is 5.46. The van der Waals surface area contributed by atoms with Gasteiger partial charge < -0.3 is 5.32 Å². The van der Waals surface area contributed by atoms with Crippen molar-refractivity contribution in [1.82, 2.24) is 19.4 Å². The third-order valence-corrected chi connectivity index (χ3v) is 3.93. The molecular formula is C15H19N5O2. The van der Waals surface area contributed by atoms with Gasteiger partial charge in [-0.1, -0.05) is 0 Å². The van der Waals surface area contributed by atoms with E-state index in [4.69, 9.17) is 0 Å². The molecule has 0 unspecified atom stereocenters. The molecule has 2 aromatic heterocycles. The lowest BCUT2D eigenvalue weighted by Gasteiger charge is -2.33. The molecule has 0 saturated heterocycles. The summed E-state index contributed by atoms with van der Waals surface area (Å²) in [6, 6.07) is 4.03. The summed E-state index contributed by atoms with van der Waals surface area (Å²) >= 11 is 0. The largest absolute Gasteiger partial charge is 0.358 e. The molecule has 22 heavy (non-hydrogen) atoms. The van der Waals surface area contributed by atoms with E-state index in [0.29, 0.717) is 37.2 Å². The molecule has 0 aliphatic carbocycles. The number of hydrogen-bond acceptors (Lipinski definition) is 5. The average Bonchev–Trinajstić information content (AvgIpc) is 2.52. The molecule has 0 aromatic carbocycles. The maximum absolute atomic E-state index is 12.2. The van der Waals surface area contributed by atoms with Crippen molar-refractivity contribution in [2.45, 2.75) is 33.0 Å². The molecule has 116 valence electrons. The second-order valence-electron chi connectivity index (χ2n) is 5.70. The summed E-state index contributed by atoms with van der Waals surface area (Å²) in [7, 11) is 0. The molecule has 0 atom stereocenters. The highest BCUT2D eigenvalue weighted by Gasteiger charge is 2.24. The van der Waals surface area contributed by atoms with E-state index >= 15 is 0 Å². The molecule has 7 nitrogen and oxygen atoms in total. The van der Waals surface area contributed by atoms with E-state index in [1.165, 1.54) is 0 Å². The number of fused-ring (bicyclic) bond motifs is 1. The van der Waals surface area contributed by atoms with E-state index in [0.717, 1.165) is 5.56 Å². The van der Waals surface area contributed by atoms with E-state index in [1.807, 2.05) is 12.1 Å². The summed E-state index contributed by atoms with van der Waals surface area (Å²) < 4.78 is 1.57. The van der Waals surface area contributed by atoms with Gasteiger partial charge in [0.2, 0.25) is 0 Å². The van der Waals surface area contributed by atoms with E-state index in [9.17, 15) is 9.59 Å². The van der Waals surface area contributed by atoms with Gasteiger partial charge in [0.25, 0.3) is 5.56 Å². The Hall–Kier alpha value is -2.41. The monoisotopic (exact) mass is 301 g/mol. The van der Waals surface area contributed by atoms with Gasteiger partial charge in [-0.15, -0.1) is 0 Å². The molecule has 0 radical (unpaired) electrons. The molecule has 1 aliphatic heterocycles. The number of nitrogens with zero attached hydrogens (tertiary/aromatic N) is 3. The van der Waals surface area contributed by atoms with Crippen molar-refractivity contribution in [2.75, 3.05) is 12.0 Å². The smallest absolute Gasteiger partial charge is 0.330 e. The first kappa shape index (κ1) is 14.5. The van der Waals surface area contributed by atoms with Crippen molar-refractivity contribution in [3.8, 4) is 0 Å². The summed E-state index contributed by atoms with van der Waals surface area (Å²) in [6.07, 6.45) is 3.37. The average molecular weight is 301 g/mol. The number of pyridine rings is 1. The van der Waals surface area contributed by atoms with Crippen molar-refractivity contribution in [2.24, 2.45) is 0 Å². The minimum atomic E-state index is -0.397.